The number of rotatable bonds is 2. The molecule has 0 radical (unpaired) electrons. The highest BCUT2D eigenvalue weighted by Gasteiger charge is 2.08. The fraction of sp³-hybridized carbons (Fsp3) is 0. The van der Waals surface area contributed by atoms with Crippen LogP contribution >= 0.6 is 27.3 Å². The Morgan fingerprint density at radius 1 is 1.27 bits per heavy atom. The molecule has 0 aliphatic heterocycles. The van der Waals surface area contributed by atoms with Crippen molar-refractivity contribution in [1.29, 1.82) is 0 Å². The van der Waals surface area contributed by atoms with Gasteiger partial charge in [-0.05, 0) is 30.3 Å². The molecular weight excluding hydrogens is 279 g/mol. The van der Waals surface area contributed by atoms with E-state index in [-0.39, 0.29) is 5.82 Å². The maximum atomic E-state index is 13.5. The second-order valence-corrected chi connectivity index (χ2v) is 4.98. The van der Waals surface area contributed by atoms with Crippen molar-refractivity contribution in [1.82, 2.24) is 0 Å². The average molecular weight is 285 g/mol. The molecule has 1 aromatic carbocycles. The molecule has 0 bridgehead atoms. The van der Waals surface area contributed by atoms with Crippen LogP contribution in [0.15, 0.2) is 34.8 Å². The van der Waals surface area contributed by atoms with Crippen LogP contribution in [0.2, 0.25) is 0 Å². The van der Waals surface area contributed by atoms with Crippen molar-refractivity contribution in [3.8, 4) is 10.4 Å². The summed E-state index contributed by atoms with van der Waals surface area (Å²) in [5.74, 6) is -0.280. The molecule has 15 heavy (non-hydrogen) atoms. The van der Waals surface area contributed by atoms with Crippen LogP contribution < -0.4 is 0 Å². The van der Waals surface area contributed by atoms with E-state index in [0.29, 0.717) is 10.4 Å². The van der Waals surface area contributed by atoms with Crippen LogP contribution in [-0.2, 0) is 0 Å². The molecule has 0 atom stereocenters. The normalized spacial score (nSPS) is 10.3. The third kappa shape index (κ3) is 2.16. The van der Waals surface area contributed by atoms with E-state index in [1.807, 2.05) is 0 Å². The van der Waals surface area contributed by atoms with Crippen molar-refractivity contribution in [2.24, 2.45) is 0 Å². The van der Waals surface area contributed by atoms with Crippen LogP contribution in [0.25, 0.3) is 10.4 Å². The molecule has 0 unspecified atom stereocenters. The minimum atomic E-state index is -0.280. The summed E-state index contributed by atoms with van der Waals surface area (Å²) in [6.07, 6.45) is 0.768. The Bertz CT molecular complexity index is 507. The van der Waals surface area contributed by atoms with Crippen LogP contribution in [-0.4, -0.2) is 6.29 Å². The quantitative estimate of drug-likeness (QED) is 0.758. The van der Waals surface area contributed by atoms with Gasteiger partial charge in [-0.25, -0.2) is 4.39 Å². The maximum absolute atomic E-state index is 13.5. The lowest BCUT2D eigenvalue weighted by Gasteiger charge is -2.00. The van der Waals surface area contributed by atoms with Gasteiger partial charge in [0.1, 0.15) is 5.82 Å². The van der Waals surface area contributed by atoms with Gasteiger partial charge in [-0.3, -0.25) is 4.79 Å². The minimum Gasteiger partial charge on any atom is -0.297 e. The molecule has 0 N–H and O–H groups in total. The molecule has 2 rings (SSSR count). The Kier molecular flexibility index (Phi) is 2.98. The fourth-order valence-corrected chi connectivity index (χ4v) is 2.45. The number of halogens is 2. The summed E-state index contributed by atoms with van der Waals surface area (Å²) < 4.78 is 14.3. The number of hydrogen-bond acceptors (Lipinski definition) is 2. The Morgan fingerprint density at radius 3 is 2.73 bits per heavy atom. The molecule has 0 saturated heterocycles. The third-order valence-corrected chi connectivity index (χ3v) is 3.47. The van der Waals surface area contributed by atoms with Gasteiger partial charge >= 0.3 is 0 Å². The molecule has 2 aromatic rings. The van der Waals surface area contributed by atoms with Gasteiger partial charge < -0.3 is 0 Å². The molecule has 0 aliphatic carbocycles. The van der Waals surface area contributed by atoms with Crippen molar-refractivity contribution in [3.63, 3.8) is 0 Å². The lowest BCUT2D eigenvalue weighted by molar-refractivity contribution is 0.112. The number of carbonyl (C=O) groups is 1. The molecule has 1 nitrogen and oxygen atoms in total. The Hall–Kier alpha value is -1.00. The fourth-order valence-electron chi connectivity index (χ4n) is 1.25. The van der Waals surface area contributed by atoms with Gasteiger partial charge in [0.15, 0.2) is 6.29 Å². The molecule has 4 heteroatoms. The zero-order valence-corrected chi connectivity index (χ0v) is 9.94. The standard InChI is InChI=1S/C11H6BrFOS/c12-7-1-3-10(13)9(5-7)11-4-2-8(6-14)15-11/h1-6H. The van der Waals surface area contributed by atoms with Gasteiger partial charge in [0.2, 0.25) is 0 Å². The van der Waals surface area contributed by atoms with Crippen molar-refractivity contribution >= 4 is 33.6 Å². The largest absolute Gasteiger partial charge is 0.297 e. The van der Waals surface area contributed by atoms with Crippen LogP contribution in [0.1, 0.15) is 9.67 Å². The van der Waals surface area contributed by atoms with Crippen LogP contribution in [0.3, 0.4) is 0 Å². The number of benzene rings is 1. The molecular formula is C11H6BrFOS. The van der Waals surface area contributed by atoms with Gasteiger partial charge in [0.25, 0.3) is 0 Å². The van der Waals surface area contributed by atoms with Gasteiger partial charge in [0.05, 0.1) is 4.88 Å². The summed E-state index contributed by atoms with van der Waals surface area (Å²) >= 11 is 4.57. The first-order chi connectivity index (χ1) is 7.20. The van der Waals surface area contributed by atoms with E-state index in [1.54, 1.807) is 24.3 Å². The highest BCUT2D eigenvalue weighted by Crippen LogP contribution is 2.31. The highest BCUT2D eigenvalue weighted by molar-refractivity contribution is 9.10. The van der Waals surface area contributed by atoms with Crippen LogP contribution in [0.5, 0.6) is 0 Å². The number of hydrogen-bond donors (Lipinski definition) is 0. The van der Waals surface area contributed by atoms with Gasteiger partial charge in [0, 0.05) is 14.9 Å². The van der Waals surface area contributed by atoms with E-state index in [1.165, 1.54) is 17.4 Å². The predicted octanol–water partition coefficient (Wildman–Crippen LogP) is 4.13. The molecule has 0 fully saturated rings. The van der Waals surface area contributed by atoms with Gasteiger partial charge in [-0.2, -0.15) is 0 Å². The van der Waals surface area contributed by atoms with Crippen LogP contribution in [0, 0.1) is 5.82 Å². The molecule has 1 heterocycles. The smallest absolute Gasteiger partial charge is 0.160 e. The second kappa shape index (κ2) is 4.24. The van der Waals surface area contributed by atoms with E-state index >= 15 is 0 Å². The van der Waals surface area contributed by atoms with E-state index in [9.17, 15) is 9.18 Å². The first kappa shape index (κ1) is 10.5. The minimum absolute atomic E-state index is 0.280. The number of carbonyl (C=O) groups excluding carboxylic acids is 1. The molecule has 76 valence electrons. The van der Waals surface area contributed by atoms with Crippen LogP contribution in [0.4, 0.5) is 4.39 Å². The second-order valence-electron chi connectivity index (χ2n) is 2.94. The zero-order valence-electron chi connectivity index (χ0n) is 7.54. The zero-order chi connectivity index (χ0) is 10.8. The first-order valence-electron chi connectivity index (χ1n) is 4.21. The Labute approximate surface area is 98.7 Å². The predicted molar refractivity (Wildman–Crippen MR) is 62.8 cm³/mol. The molecule has 0 aliphatic rings. The van der Waals surface area contributed by atoms with E-state index in [0.717, 1.165) is 15.6 Å². The third-order valence-electron chi connectivity index (χ3n) is 1.94. The molecule has 0 amide bonds. The summed E-state index contributed by atoms with van der Waals surface area (Å²) in [5, 5.41) is 0. The lowest BCUT2D eigenvalue weighted by Crippen LogP contribution is -1.80. The van der Waals surface area contributed by atoms with Crippen molar-refractivity contribution in [2.75, 3.05) is 0 Å². The molecule has 1 aromatic heterocycles. The topological polar surface area (TPSA) is 17.1 Å². The van der Waals surface area contributed by atoms with E-state index in [4.69, 9.17) is 0 Å². The Balaban J connectivity index is 2.52. The van der Waals surface area contributed by atoms with Crippen molar-refractivity contribution < 1.29 is 9.18 Å². The van der Waals surface area contributed by atoms with Crippen molar-refractivity contribution in [3.05, 3.63) is 45.5 Å². The van der Waals surface area contributed by atoms with E-state index in [2.05, 4.69) is 15.9 Å². The maximum Gasteiger partial charge on any atom is 0.160 e. The SMILES string of the molecule is O=Cc1ccc(-c2cc(Br)ccc2F)s1. The summed E-state index contributed by atoms with van der Waals surface area (Å²) in [6.45, 7) is 0. The monoisotopic (exact) mass is 284 g/mol. The molecule has 0 spiro atoms. The Morgan fingerprint density at radius 2 is 2.07 bits per heavy atom. The summed E-state index contributed by atoms with van der Waals surface area (Å²) in [5.41, 5.74) is 0.516. The van der Waals surface area contributed by atoms with E-state index < -0.39 is 0 Å². The lowest BCUT2D eigenvalue weighted by atomic mass is 10.2. The summed E-state index contributed by atoms with van der Waals surface area (Å²) in [6, 6.07) is 8.19. The summed E-state index contributed by atoms with van der Waals surface area (Å²) in [4.78, 5) is 11.9. The van der Waals surface area contributed by atoms with Crippen molar-refractivity contribution in [2.45, 2.75) is 0 Å². The number of thiophene rings is 1. The average Bonchev–Trinajstić information content (AvgIpc) is 2.70. The first-order valence-corrected chi connectivity index (χ1v) is 5.82. The number of aldehydes is 1. The molecule has 0 saturated carbocycles. The highest BCUT2D eigenvalue weighted by atomic mass is 79.9. The van der Waals surface area contributed by atoms with Gasteiger partial charge in [-0.15, -0.1) is 11.3 Å². The summed E-state index contributed by atoms with van der Waals surface area (Å²) in [7, 11) is 0. The van der Waals surface area contributed by atoms with Gasteiger partial charge in [-0.1, -0.05) is 15.9 Å².